The molecule has 6 heteroatoms. The third kappa shape index (κ3) is 3.45. The van der Waals surface area contributed by atoms with E-state index in [1.807, 2.05) is 0 Å². The number of carbonyl (C=O) groups is 1. The minimum absolute atomic E-state index is 0.252. The normalized spacial score (nSPS) is 10.1. The number of aromatic nitrogens is 1. The first kappa shape index (κ1) is 13.8. The Bertz CT molecular complexity index is 619. The number of hydrogen-bond donors (Lipinski definition) is 1. The second kappa shape index (κ2) is 6.04. The van der Waals surface area contributed by atoms with Gasteiger partial charge in [-0.15, -0.1) is 0 Å². The van der Waals surface area contributed by atoms with Gasteiger partial charge < -0.3 is 10.1 Å². The van der Waals surface area contributed by atoms with E-state index in [2.05, 4.69) is 26.2 Å². The molecule has 2 rings (SSSR count). The van der Waals surface area contributed by atoms with Gasteiger partial charge >= 0.3 is 0 Å². The van der Waals surface area contributed by atoms with E-state index in [1.165, 1.54) is 12.3 Å². The fourth-order valence-corrected chi connectivity index (χ4v) is 1.95. The molecule has 0 aliphatic heterocycles. The number of halogens is 2. The topological polar surface area (TPSA) is 51.2 Å². The highest BCUT2D eigenvalue weighted by molar-refractivity contribution is 9.10. The van der Waals surface area contributed by atoms with Gasteiger partial charge in [0.15, 0.2) is 0 Å². The van der Waals surface area contributed by atoms with Crippen LogP contribution in [0.25, 0.3) is 0 Å². The average molecular weight is 342 g/mol. The van der Waals surface area contributed by atoms with Gasteiger partial charge in [-0.1, -0.05) is 11.6 Å². The zero-order valence-corrected chi connectivity index (χ0v) is 12.3. The van der Waals surface area contributed by atoms with Crippen LogP contribution in [0.2, 0.25) is 5.02 Å². The smallest absolute Gasteiger partial charge is 0.274 e. The molecule has 0 saturated carbocycles. The van der Waals surface area contributed by atoms with Crippen LogP contribution in [-0.4, -0.2) is 18.0 Å². The van der Waals surface area contributed by atoms with Crippen LogP contribution in [0.15, 0.2) is 41.0 Å². The fourth-order valence-electron chi connectivity index (χ4n) is 1.44. The third-order valence-electron chi connectivity index (χ3n) is 2.38. The molecule has 0 aliphatic carbocycles. The summed E-state index contributed by atoms with van der Waals surface area (Å²) < 4.78 is 5.86. The van der Waals surface area contributed by atoms with Crippen molar-refractivity contribution in [3.05, 3.63) is 51.7 Å². The van der Waals surface area contributed by atoms with Crippen molar-refractivity contribution in [3.63, 3.8) is 0 Å². The number of methoxy groups -OCH3 is 1. The van der Waals surface area contributed by atoms with Crippen LogP contribution < -0.4 is 10.1 Å². The van der Waals surface area contributed by atoms with Gasteiger partial charge in [0.05, 0.1) is 12.8 Å². The fraction of sp³-hybridized carbons (Fsp3) is 0.0769. The number of hydrogen-bond acceptors (Lipinski definition) is 3. The molecule has 0 atom stereocenters. The molecule has 1 amide bonds. The number of nitrogens with zero attached hydrogens (tertiary/aromatic N) is 1. The van der Waals surface area contributed by atoms with Crippen molar-refractivity contribution in [3.8, 4) is 5.75 Å². The number of ether oxygens (including phenoxy) is 1. The Hall–Kier alpha value is -1.59. The number of nitrogens with one attached hydrogen (secondary N) is 1. The summed E-state index contributed by atoms with van der Waals surface area (Å²) in [7, 11) is 1.56. The van der Waals surface area contributed by atoms with Crippen LogP contribution in [0.1, 0.15) is 10.5 Å². The maximum atomic E-state index is 12.0. The van der Waals surface area contributed by atoms with E-state index < -0.39 is 0 Å². The summed E-state index contributed by atoms with van der Waals surface area (Å²) >= 11 is 9.18. The van der Waals surface area contributed by atoms with Crippen LogP contribution in [0.5, 0.6) is 5.75 Å². The zero-order valence-electron chi connectivity index (χ0n) is 9.98. The summed E-state index contributed by atoms with van der Waals surface area (Å²) in [5.41, 5.74) is 0.855. The molecule has 19 heavy (non-hydrogen) atoms. The van der Waals surface area contributed by atoms with Crippen molar-refractivity contribution in [2.24, 2.45) is 0 Å². The lowest BCUT2D eigenvalue weighted by Gasteiger charge is -2.09. The molecule has 0 radical (unpaired) electrons. The Kier molecular flexibility index (Phi) is 4.39. The highest BCUT2D eigenvalue weighted by Gasteiger charge is 2.10. The molecule has 0 fully saturated rings. The van der Waals surface area contributed by atoms with Crippen molar-refractivity contribution in [2.45, 2.75) is 0 Å². The Morgan fingerprint density at radius 1 is 1.37 bits per heavy atom. The quantitative estimate of drug-likeness (QED) is 0.925. The number of carbonyl (C=O) groups excluding carboxylic acids is 1. The SMILES string of the molecule is COc1ccc(Br)c(NC(=O)c2cc(Cl)ccn2)c1. The lowest BCUT2D eigenvalue weighted by molar-refractivity contribution is 0.102. The van der Waals surface area contributed by atoms with Crippen LogP contribution in [0, 0.1) is 0 Å². The van der Waals surface area contributed by atoms with E-state index in [0.717, 1.165) is 4.47 Å². The molecule has 0 unspecified atom stereocenters. The number of rotatable bonds is 3. The van der Waals surface area contributed by atoms with Gasteiger partial charge in [-0.05, 0) is 40.2 Å². The van der Waals surface area contributed by atoms with Gasteiger partial charge in [-0.3, -0.25) is 9.78 Å². The average Bonchev–Trinajstić information content (AvgIpc) is 2.41. The summed E-state index contributed by atoms with van der Waals surface area (Å²) in [5.74, 6) is 0.314. The summed E-state index contributed by atoms with van der Waals surface area (Å²) in [4.78, 5) is 16.0. The van der Waals surface area contributed by atoms with E-state index >= 15 is 0 Å². The van der Waals surface area contributed by atoms with Crippen LogP contribution in [-0.2, 0) is 0 Å². The Labute approximate surface area is 123 Å². The van der Waals surface area contributed by atoms with E-state index in [9.17, 15) is 4.79 Å². The molecule has 0 spiro atoms. The van der Waals surface area contributed by atoms with Crippen molar-refractivity contribution in [1.29, 1.82) is 0 Å². The first-order valence-corrected chi connectivity index (χ1v) is 6.53. The maximum absolute atomic E-state index is 12.0. The molecule has 0 aliphatic rings. The first-order valence-electron chi connectivity index (χ1n) is 5.36. The maximum Gasteiger partial charge on any atom is 0.274 e. The molecular weight excluding hydrogens is 332 g/mol. The Morgan fingerprint density at radius 2 is 2.16 bits per heavy atom. The van der Waals surface area contributed by atoms with Crippen LogP contribution in [0.4, 0.5) is 5.69 Å². The lowest BCUT2D eigenvalue weighted by Crippen LogP contribution is -2.13. The lowest BCUT2D eigenvalue weighted by atomic mass is 10.2. The monoisotopic (exact) mass is 340 g/mol. The van der Waals surface area contributed by atoms with Crippen molar-refractivity contribution >= 4 is 39.1 Å². The van der Waals surface area contributed by atoms with Gasteiger partial charge in [0.25, 0.3) is 5.91 Å². The Morgan fingerprint density at radius 3 is 2.84 bits per heavy atom. The van der Waals surface area contributed by atoms with Crippen molar-refractivity contribution in [1.82, 2.24) is 4.98 Å². The largest absolute Gasteiger partial charge is 0.497 e. The molecule has 1 N–H and O–H groups in total. The number of amides is 1. The third-order valence-corrected chi connectivity index (χ3v) is 3.30. The minimum atomic E-state index is -0.337. The summed E-state index contributed by atoms with van der Waals surface area (Å²) in [5, 5.41) is 3.20. The molecule has 4 nitrogen and oxygen atoms in total. The highest BCUT2D eigenvalue weighted by Crippen LogP contribution is 2.27. The van der Waals surface area contributed by atoms with Gasteiger partial charge in [-0.2, -0.15) is 0 Å². The summed E-state index contributed by atoms with van der Waals surface area (Å²) in [6.45, 7) is 0. The molecule has 0 bridgehead atoms. The predicted molar refractivity (Wildman–Crippen MR) is 77.9 cm³/mol. The van der Waals surface area contributed by atoms with Gasteiger partial charge in [0.1, 0.15) is 11.4 Å². The first-order chi connectivity index (χ1) is 9.10. The standard InChI is InChI=1S/C13H10BrClN2O2/c1-19-9-2-3-10(14)11(7-9)17-13(18)12-6-8(15)4-5-16-12/h2-7H,1H3,(H,17,18). The molecule has 1 aromatic carbocycles. The summed E-state index contributed by atoms with van der Waals surface area (Å²) in [6.07, 6.45) is 1.48. The second-order valence-corrected chi connectivity index (χ2v) is 4.95. The summed E-state index contributed by atoms with van der Waals surface area (Å²) in [6, 6.07) is 8.41. The minimum Gasteiger partial charge on any atom is -0.497 e. The van der Waals surface area contributed by atoms with Gasteiger partial charge in [0.2, 0.25) is 0 Å². The zero-order chi connectivity index (χ0) is 13.8. The van der Waals surface area contributed by atoms with Crippen molar-refractivity contribution in [2.75, 3.05) is 12.4 Å². The highest BCUT2D eigenvalue weighted by atomic mass is 79.9. The number of pyridine rings is 1. The molecule has 98 valence electrons. The predicted octanol–water partition coefficient (Wildman–Crippen LogP) is 3.76. The molecular formula is C13H10BrClN2O2. The van der Waals surface area contributed by atoms with E-state index in [0.29, 0.717) is 16.5 Å². The van der Waals surface area contributed by atoms with Gasteiger partial charge in [-0.25, -0.2) is 0 Å². The second-order valence-electron chi connectivity index (χ2n) is 3.66. The van der Waals surface area contributed by atoms with E-state index in [4.69, 9.17) is 16.3 Å². The van der Waals surface area contributed by atoms with Crippen LogP contribution >= 0.6 is 27.5 Å². The molecule has 0 saturated heterocycles. The van der Waals surface area contributed by atoms with Gasteiger partial charge in [0, 0.05) is 21.8 Å². The van der Waals surface area contributed by atoms with Crippen molar-refractivity contribution < 1.29 is 9.53 Å². The number of anilines is 1. The Balaban J connectivity index is 2.23. The van der Waals surface area contributed by atoms with E-state index in [1.54, 1.807) is 31.4 Å². The van der Waals surface area contributed by atoms with Crippen LogP contribution in [0.3, 0.4) is 0 Å². The number of benzene rings is 1. The van der Waals surface area contributed by atoms with E-state index in [-0.39, 0.29) is 11.6 Å². The molecule has 1 heterocycles. The molecule has 2 aromatic rings. The molecule has 1 aromatic heterocycles.